The van der Waals surface area contributed by atoms with Crippen molar-refractivity contribution in [1.82, 2.24) is 0 Å². The highest BCUT2D eigenvalue weighted by atomic mass is 32.2. The smallest absolute Gasteiger partial charge is 0.348 e. The summed E-state index contributed by atoms with van der Waals surface area (Å²) in [6, 6.07) is 15.0. The van der Waals surface area contributed by atoms with Gasteiger partial charge in [0.25, 0.3) is 15.9 Å². The number of hydrogen-bond acceptors (Lipinski definition) is 7. The number of nitrogens with one attached hydrogen (secondary N) is 1. The highest BCUT2D eigenvalue weighted by Crippen LogP contribution is 2.34. The van der Waals surface area contributed by atoms with Crippen molar-refractivity contribution in [2.24, 2.45) is 0 Å². The number of ether oxygens (including phenoxy) is 1. The lowest BCUT2D eigenvalue weighted by Gasteiger charge is -2.19. The average molecular weight is 496 g/mol. The Morgan fingerprint density at radius 3 is 2.56 bits per heavy atom. The molecule has 3 aromatic rings. The number of para-hydroxylation sites is 1. The predicted molar refractivity (Wildman–Crippen MR) is 129 cm³/mol. The van der Waals surface area contributed by atoms with Crippen LogP contribution in [-0.2, 0) is 21.2 Å². The lowest BCUT2D eigenvalue weighted by molar-refractivity contribution is 0.0531. The van der Waals surface area contributed by atoms with Gasteiger partial charge in [0, 0.05) is 12.1 Å². The molecule has 0 unspecified atom stereocenters. The Bertz CT molecular complexity index is 1420. The minimum atomic E-state index is -3.77. The number of carbonyl (C=O) groups excluding carboxylic acids is 2. The maximum Gasteiger partial charge on any atom is 0.348 e. The van der Waals surface area contributed by atoms with Crippen molar-refractivity contribution in [3.63, 3.8) is 0 Å². The molecule has 2 heterocycles. The van der Waals surface area contributed by atoms with Gasteiger partial charge in [0.05, 0.1) is 22.8 Å². The Morgan fingerprint density at radius 2 is 1.88 bits per heavy atom. The second kappa shape index (κ2) is 9.29. The van der Waals surface area contributed by atoms with Crippen LogP contribution in [-0.4, -0.2) is 33.4 Å². The monoisotopic (exact) mass is 495 g/mol. The van der Waals surface area contributed by atoms with E-state index in [2.05, 4.69) is 5.32 Å². The fourth-order valence-corrected chi connectivity index (χ4v) is 6.32. The van der Waals surface area contributed by atoms with Crippen molar-refractivity contribution in [1.29, 1.82) is 5.26 Å². The zero-order valence-corrected chi connectivity index (χ0v) is 20.1. The number of hydrogen-bond donors (Lipinski definition) is 1. The third kappa shape index (κ3) is 4.16. The number of fused-ring (bicyclic) bond motifs is 1. The van der Waals surface area contributed by atoms with Crippen LogP contribution in [0.2, 0.25) is 0 Å². The molecule has 1 N–H and O–H groups in total. The quantitative estimate of drug-likeness (QED) is 0.515. The molecule has 34 heavy (non-hydrogen) atoms. The van der Waals surface area contributed by atoms with E-state index >= 15 is 0 Å². The van der Waals surface area contributed by atoms with Crippen molar-refractivity contribution >= 4 is 43.9 Å². The Kier molecular flexibility index (Phi) is 6.41. The maximum absolute atomic E-state index is 13.2. The number of rotatable bonds is 6. The van der Waals surface area contributed by atoms with E-state index in [9.17, 15) is 23.3 Å². The van der Waals surface area contributed by atoms with Crippen molar-refractivity contribution < 1.29 is 22.7 Å². The predicted octanol–water partition coefficient (Wildman–Crippen LogP) is 4.11. The zero-order chi connectivity index (χ0) is 24.5. The lowest BCUT2D eigenvalue weighted by atomic mass is 10.1. The zero-order valence-electron chi connectivity index (χ0n) is 18.5. The Morgan fingerprint density at radius 1 is 1.18 bits per heavy atom. The summed E-state index contributed by atoms with van der Waals surface area (Å²) in [5.41, 5.74) is 2.48. The van der Waals surface area contributed by atoms with E-state index in [1.54, 1.807) is 26.0 Å². The van der Waals surface area contributed by atoms with Gasteiger partial charge < -0.3 is 10.1 Å². The molecule has 1 amide bonds. The molecule has 0 atom stereocenters. The van der Waals surface area contributed by atoms with Crippen LogP contribution in [0.25, 0.3) is 0 Å². The number of amides is 1. The summed E-state index contributed by atoms with van der Waals surface area (Å²) in [4.78, 5) is 25.2. The molecule has 0 spiro atoms. The van der Waals surface area contributed by atoms with Gasteiger partial charge in [-0.1, -0.05) is 18.2 Å². The first-order valence-corrected chi connectivity index (χ1v) is 12.8. The van der Waals surface area contributed by atoms with Crippen LogP contribution in [0.3, 0.4) is 0 Å². The van der Waals surface area contributed by atoms with Crippen molar-refractivity contribution in [2.75, 3.05) is 22.8 Å². The van der Waals surface area contributed by atoms with Crippen LogP contribution < -0.4 is 9.62 Å². The number of benzene rings is 2. The maximum atomic E-state index is 13.2. The topological polar surface area (TPSA) is 117 Å². The first-order valence-electron chi connectivity index (χ1n) is 10.5. The van der Waals surface area contributed by atoms with Gasteiger partial charge in [-0.15, -0.1) is 11.3 Å². The highest BCUT2D eigenvalue weighted by Gasteiger charge is 2.30. The molecule has 0 saturated carbocycles. The largest absolute Gasteiger partial charge is 0.462 e. The average Bonchev–Trinajstić information content (AvgIpc) is 3.40. The summed E-state index contributed by atoms with van der Waals surface area (Å²) < 4.78 is 32.7. The summed E-state index contributed by atoms with van der Waals surface area (Å²) >= 11 is 0.968. The molecule has 8 nitrogen and oxygen atoms in total. The Labute approximate surface area is 201 Å². The van der Waals surface area contributed by atoms with Crippen LogP contribution in [0.15, 0.2) is 53.4 Å². The summed E-state index contributed by atoms with van der Waals surface area (Å²) in [5.74, 6) is -1.08. The van der Waals surface area contributed by atoms with Crippen LogP contribution in [0.1, 0.15) is 43.6 Å². The molecule has 2 aromatic carbocycles. The third-order valence-electron chi connectivity index (χ3n) is 5.50. The minimum Gasteiger partial charge on any atom is -0.462 e. The molecule has 10 heteroatoms. The summed E-state index contributed by atoms with van der Waals surface area (Å²) in [7, 11) is -3.77. The van der Waals surface area contributed by atoms with Crippen molar-refractivity contribution in [3.05, 3.63) is 75.7 Å². The van der Waals surface area contributed by atoms with Gasteiger partial charge >= 0.3 is 5.97 Å². The number of nitriles is 1. The highest BCUT2D eigenvalue weighted by molar-refractivity contribution is 7.92. The van der Waals surface area contributed by atoms with Gasteiger partial charge in [0.1, 0.15) is 15.9 Å². The van der Waals surface area contributed by atoms with E-state index in [1.165, 1.54) is 28.6 Å². The molecule has 174 valence electrons. The summed E-state index contributed by atoms with van der Waals surface area (Å²) in [6.45, 7) is 3.85. The number of sulfonamides is 1. The van der Waals surface area contributed by atoms with Gasteiger partial charge in [0.15, 0.2) is 0 Å². The summed E-state index contributed by atoms with van der Waals surface area (Å²) in [5, 5.41) is 12.4. The fourth-order valence-electron chi connectivity index (χ4n) is 3.77. The summed E-state index contributed by atoms with van der Waals surface area (Å²) in [6.07, 6.45) is 0.644. The molecule has 0 radical (unpaired) electrons. The number of thiophene rings is 1. The van der Waals surface area contributed by atoms with E-state index in [-0.39, 0.29) is 32.5 Å². The van der Waals surface area contributed by atoms with Crippen LogP contribution >= 0.6 is 11.3 Å². The van der Waals surface area contributed by atoms with Crippen LogP contribution in [0.5, 0.6) is 0 Å². The van der Waals surface area contributed by atoms with Crippen molar-refractivity contribution in [3.8, 4) is 6.07 Å². The number of carbonyl (C=O) groups is 2. The van der Waals surface area contributed by atoms with Crippen LogP contribution in [0, 0.1) is 18.3 Å². The Balaban J connectivity index is 1.55. The third-order valence-corrected chi connectivity index (χ3v) is 8.51. The van der Waals surface area contributed by atoms with E-state index in [0.29, 0.717) is 24.2 Å². The molecular formula is C24H21N3O5S2. The van der Waals surface area contributed by atoms with E-state index in [1.807, 2.05) is 18.2 Å². The van der Waals surface area contributed by atoms with Gasteiger partial charge in [-0.3, -0.25) is 9.10 Å². The minimum absolute atomic E-state index is 0.0787. The first-order chi connectivity index (χ1) is 16.3. The van der Waals surface area contributed by atoms with E-state index < -0.39 is 21.9 Å². The number of anilines is 2. The fraction of sp³-hybridized carbons (Fsp3) is 0.208. The van der Waals surface area contributed by atoms with Gasteiger partial charge in [-0.2, -0.15) is 5.26 Å². The molecule has 0 saturated heterocycles. The molecule has 0 bridgehead atoms. The number of esters is 1. The SMILES string of the molecule is CCOC(=O)c1sc(NC(=O)c2ccc(S(=O)(=O)N3CCc4ccccc43)cc2)c(C#N)c1C. The van der Waals surface area contributed by atoms with Crippen molar-refractivity contribution in [2.45, 2.75) is 25.2 Å². The standard InChI is InChI=1S/C24H21N3O5S2/c1-3-32-24(29)21-15(2)19(14-25)23(33-21)26-22(28)17-8-10-18(11-9-17)34(30,31)27-13-12-16-6-4-5-7-20(16)27/h4-11H,3,12-13H2,1-2H3,(H,26,28). The molecule has 4 rings (SSSR count). The van der Waals surface area contributed by atoms with E-state index in [0.717, 1.165) is 16.9 Å². The van der Waals surface area contributed by atoms with Crippen LogP contribution in [0.4, 0.5) is 10.7 Å². The van der Waals surface area contributed by atoms with E-state index in [4.69, 9.17) is 4.74 Å². The Hall–Kier alpha value is -3.68. The molecule has 0 fully saturated rings. The second-order valence-corrected chi connectivity index (χ2v) is 10.4. The molecule has 1 aliphatic rings. The lowest BCUT2D eigenvalue weighted by Crippen LogP contribution is -2.29. The normalized spacial score (nSPS) is 12.7. The first kappa shape index (κ1) is 23.5. The van der Waals surface area contributed by atoms with Gasteiger partial charge in [-0.25, -0.2) is 13.2 Å². The molecular weight excluding hydrogens is 474 g/mol. The van der Waals surface area contributed by atoms with Gasteiger partial charge in [-0.05, 0) is 61.7 Å². The number of nitrogens with zero attached hydrogens (tertiary/aromatic N) is 2. The van der Waals surface area contributed by atoms with Gasteiger partial charge in [0.2, 0.25) is 0 Å². The second-order valence-electron chi connectivity index (χ2n) is 7.53. The molecule has 1 aliphatic heterocycles. The molecule has 1 aromatic heterocycles. The molecule has 0 aliphatic carbocycles.